The van der Waals surface area contributed by atoms with Gasteiger partial charge in [-0.05, 0) is 36.8 Å². The maximum absolute atomic E-state index is 12.1. The third-order valence-corrected chi connectivity index (χ3v) is 2.89. The second-order valence-electron chi connectivity index (χ2n) is 4.48. The Bertz CT molecular complexity index is 632. The minimum atomic E-state index is -2.85. The van der Waals surface area contributed by atoms with Crippen molar-refractivity contribution in [3.63, 3.8) is 0 Å². The molecule has 0 saturated carbocycles. The van der Waals surface area contributed by atoms with Gasteiger partial charge in [0.05, 0.1) is 6.04 Å². The molecule has 1 amide bonds. The van der Waals surface area contributed by atoms with Crippen LogP contribution < -0.4 is 15.8 Å². The highest BCUT2D eigenvalue weighted by molar-refractivity contribution is 5.90. The van der Waals surface area contributed by atoms with E-state index in [2.05, 4.69) is 20.3 Å². The predicted molar refractivity (Wildman–Crippen MR) is 75.7 cm³/mol. The molecule has 0 radical (unpaired) electrons. The summed E-state index contributed by atoms with van der Waals surface area (Å²) in [6.07, 6.45) is 0. The van der Waals surface area contributed by atoms with Gasteiger partial charge >= 0.3 is 6.61 Å². The van der Waals surface area contributed by atoms with Gasteiger partial charge in [0, 0.05) is 0 Å². The normalized spacial score (nSPS) is 12.0. The number of amides is 1. The molecule has 3 N–H and O–H groups in total. The number of hydrogen-bond acceptors (Lipinski definition) is 5. The molecule has 1 aromatic carbocycles. The average molecular weight is 308 g/mol. The molecule has 1 heterocycles. The Morgan fingerprint density at radius 3 is 2.36 bits per heavy atom. The van der Waals surface area contributed by atoms with Crippen molar-refractivity contribution in [2.75, 3.05) is 5.32 Å². The highest BCUT2D eigenvalue weighted by atomic mass is 19.3. The zero-order valence-corrected chi connectivity index (χ0v) is 11.7. The quantitative estimate of drug-likeness (QED) is 0.855. The number of ether oxygens (including phenoxy) is 1. The van der Waals surface area contributed by atoms with Crippen LogP contribution in [0, 0.1) is 0 Å². The van der Waals surface area contributed by atoms with Crippen molar-refractivity contribution in [3.05, 3.63) is 47.7 Å². The van der Waals surface area contributed by atoms with E-state index in [4.69, 9.17) is 5.73 Å². The van der Waals surface area contributed by atoms with Crippen LogP contribution in [0.4, 0.5) is 14.6 Å². The molecule has 0 spiro atoms. The van der Waals surface area contributed by atoms with E-state index in [0.717, 1.165) is 5.56 Å². The molecule has 0 aliphatic rings. The minimum Gasteiger partial charge on any atom is -0.435 e. The van der Waals surface area contributed by atoms with Gasteiger partial charge in [0.25, 0.3) is 5.91 Å². The van der Waals surface area contributed by atoms with E-state index in [1.54, 1.807) is 18.2 Å². The fourth-order valence-electron chi connectivity index (χ4n) is 1.78. The number of halogens is 2. The molecule has 1 atom stereocenters. The second kappa shape index (κ2) is 6.79. The van der Waals surface area contributed by atoms with E-state index in [1.165, 1.54) is 18.2 Å². The maximum Gasteiger partial charge on any atom is 0.387 e. The summed E-state index contributed by atoms with van der Waals surface area (Å²) in [6.45, 7) is -0.979. The Morgan fingerprint density at radius 1 is 1.18 bits per heavy atom. The van der Waals surface area contributed by atoms with Crippen LogP contribution in [0.5, 0.6) is 5.75 Å². The van der Waals surface area contributed by atoms with Crippen molar-refractivity contribution >= 4 is 11.7 Å². The van der Waals surface area contributed by atoms with Crippen LogP contribution in [0.3, 0.4) is 0 Å². The molecule has 0 aliphatic carbocycles. The summed E-state index contributed by atoms with van der Waals surface area (Å²) >= 11 is 0. The van der Waals surface area contributed by atoms with Crippen LogP contribution >= 0.6 is 0 Å². The van der Waals surface area contributed by atoms with Gasteiger partial charge in [-0.2, -0.15) is 8.78 Å². The standard InChI is InChI=1S/C14H14F2N4O2/c1-8(9-2-4-10(5-3-9)22-14(15)16)18-12-7-6-11(13(17)21)19-20-12/h2-8,14H,1H3,(H2,17,21)(H,18,20). The molecule has 1 unspecified atom stereocenters. The van der Waals surface area contributed by atoms with E-state index < -0.39 is 12.5 Å². The SMILES string of the molecule is CC(Nc1ccc(C(N)=O)nn1)c1ccc(OC(F)F)cc1. The number of carbonyl (C=O) groups excluding carboxylic acids is 1. The van der Waals surface area contributed by atoms with Crippen molar-refractivity contribution in [3.8, 4) is 5.75 Å². The smallest absolute Gasteiger partial charge is 0.387 e. The van der Waals surface area contributed by atoms with Crippen LogP contribution in [0.25, 0.3) is 0 Å². The number of hydrogen-bond donors (Lipinski definition) is 2. The lowest BCUT2D eigenvalue weighted by molar-refractivity contribution is -0.0498. The molecule has 0 aliphatic heterocycles. The highest BCUT2D eigenvalue weighted by Crippen LogP contribution is 2.21. The van der Waals surface area contributed by atoms with Crippen molar-refractivity contribution in [2.45, 2.75) is 19.6 Å². The lowest BCUT2D eigenvalue weighted by atomic mass is 10.1. The van der Waals surface area contributed by atoms with Gasteiger partial charge in [0.15, 0.2) is 5.69 Å². The van der Waals surface area contributed by atoms with Gasteiger partial charge in [0.2, 0.25) is 0 Å². The number of alkyl halides is 2. The summed E-state index contributed by atoms with van der Waals surface area (Å²) < 4.78 is 28.4. The number of nitrogens with two attached hydrogens (primary N) is 1. The van der Waals surface area contributed by atoms with E-state index in [9.17, 15) is 13.6 Å². The summed E-state index contributed by atoms with van der Waals surface area (Å²) in [7, 11) is 0. The molecule has 8 heteroatoms. The Labute approximate surface area is 125 Å². The lowest BCUT2D eigenvalue weighted by Gasteiger charge is -2.15. The largest absolute Gasteiger partial charge is 0.435 e. The first kappa shape index (κ1) is 15.6. The summed E-state index contributed by atoms with van der Waals surface area (Å²) in [5, 5.41) is 10.6. The van der Waals surface area contributed by atoms with Gasteiger partial charge in [0.1, 0.15) is 11.6 Å². The number of carbonyl (C=O) groups is 1. The summed E-state index contributed by atoms with van der Waals surface area (Å²) in [5.41, 5.74) is 6.00. The zero-order chi connectivity index (χ0) is 16.1. The van der Waals surface area contributed by atoms with Gasteiger partial charge in [-0.15, -0.1) is 10.2 Å². The van der Waals surface area contributed by atoms with Crippen molar-refractivity contribution in [1.29, 1.82) is 0 Å². The second-order valence-corrected chi connectivity index (χ2v) is 4.48. The van der Waals surface area contributed by atoms with Crippen molar-refractivity contribution in [1.82, 2.24) is 10.2 Å². The average Bonchev–Trinajstić information content (AvgIpc) is 2.48. The first-order valence-electron chi connectivity index (χ1n) is 6.40. The third-order valence-electron chi connectivity index (χ3n) is 2.89. The molecular weight excluding hydrogens is 294 g/mol. The summed E-state index contributed by atoms with van der Waals surface area (Å²) in [5.74, 6) is -0.0938. The minimum absolute atomic E-state index is 0.0757. The molecule has 1 aromatic heterocycles. The number of rotatable bonds is 6. The van der Waals surface area contributed by atoms with E-state index in [-0.39, 0.29) is 17.5 Å². The molecular formula is C14H14F2N4O2. The lowest BCUT2D eigenvalue weighted by Crippen LogP contribution is -2.15. The summed E-state index contributed by atoms with van der Waals surface area (Å²) in [4.78, 5) is 10.9. The number of aromatic nitrogens is 2. The van der Waals surface area contributed by atoms with Crippen molar-refractivity contribution in [2.24, 2.45) is 5.73 Å². The Hall–Kier alpha value is -2.77. The fraction of sp³-hybridized carbons (Fsp3) is 0.214. The van der Waals surface area contributed by atoms with Gasteiger partial charge in [-0.1, -0.05) is 12.1 Å². The summed E-state index contributed by atoms with van der Waals surface area (Å²) in [6, 6.07) is 9.15. The van der Waals surface area contributed by atoms with Gasteiger partial charge in [-0.3, -0.25) is 4.79 Å². The molecule has 0 fully saturated rings. The molecule has 2 aromatic rings. The molecule has 116 valence electrons. The van der Waals surface area contributed by atoms with E-state index in [0.29, 0.717) is 5.82 Å². The molecule has 0 bridgehead atoms. The Balaban J connectivity index is 2.02. The van der Waals surface area contributed by atoms with Gasteiger partial charge in [-0.25, -0.2) is 0 Å². The van der Waals surface area contributed by atoms with Crippen LogP contribution in [-0.4, -0.2) is 22.7 Å². The fourth-order valence-corrected chi connectivity index (χ4v) is 1.78. The van der Waals surface area contributed by atoms with E-state index in [1.807, 2.05) is 6.92 Å². The highest BCUT2D eigenvalue weighted by Gasteiger charge is 2.09. The monoisotopic (exact) mass is 308 g/mol. The molecule has 0 saturated heterocycles. The topological polar surface area (TPSA) is 90.1 Å². The molecule has 22 heavy (non-hydrogen) atoms. The first-order valence-corrected chi connectivity index (χ1v) is 6.40. The predicted octanol–water partition coefficient (Wildman–Crippen LogP) is 2.35. The number of nitrogens with zero attached hydrogens (tertiary/aromatic N) is 2. The zero-order valence-electron chi connectivity index (χ0n) is 11.7. The number of nitrogens with one attached hydrogen (secondary N) is 1. The van der Waals surface area contributed by atoms with Crippen molar-refractivity contribution < 1.29 is 18.3 Å². The van der Waals surface area contributed by atoms with Crippen LogP contribution in [-0.2, 0) is 0 Å². The van der Waals surface area contributed by atoms with Crippen LogP contribution in [0.1, 0.15) is 29.0 Å². The molecule has 2 rings (SSSR count). The Kier molecular flexibility index (Phi) is 4.82. The Morgan fingerprint density at radius 2 is 1.86 bits per heavy atom. The van der Waals surface area contributed by atoms with Crippen LogP contribution in [0.2, 0.25) is 0 Å². The third kappa shape index (κ3) is 4.11. The maximum atomic E-state index is 12.1. The van der Waals surface area contributed by atoms with E-state index >= 15 is 0 Å². The number of primary amides is 1. The number of benzene rings is 1. The first-order chi connectivity index (χ1) is 10.5. The van der Waals surface area contributed by atoms with Crippen LogP contribution in [0.15, 0.2) is 36.4 Å². The van der Waals surface area contributed by atoms with Gasteiger partial charge < -0.3 is 15.8 Å². The molecule has 6 nitrogen and oxygen atoms in total. The number of anilines is 1.